The van der Waals surface area contributed by atoms with Crippen LogP contribution in [0.2, 0.25) is 0 Å². The third-order valence-corrected chi connectivity index (χ3v) is 5.01. The van der Waals surface area contributed by atoms with Gasteiger partial charge in [-0.1, -0.05) is 12.1 Å². The van der Waals surface area contributed by atoms with Crippen LogP contribution in [0.4, 0.5) is 0 Å². The second-order valence-corrected chi connectivity index (χ2v) is 6.99. The molecule has 0 radical (unpaired) electrons. The predicted octanol–water partition coefficient (Wildman–Crippen LogP) is 2.98. The Morgan fingerprint density at radius 3 is 2.06 bits per heavy atom. The van der Waals surface area contributed by atoms with Crippen LogP contribution in [0.25, 0.3) is 33.9 Å². The Balaban J connectivity index is 1.83. The van der Waals surface area contributed by atoms with Gasteiger partial charge in [-0.05, 0) is 60.7 Å². The van der Waals surface area contributed by atoms with Crippen LogP contribution in [0.5, 0.6) is 17.2 Å². The van der Waals surface area contributed by atoms with Crippen molar-refractivity contribution < 1.29 is 29.1 Å². The van der Waals surface area contributed by atoms with Crippen LogP contribution in [-0.4, -0.2) is 31.8 Å². The third-order valence-electron chi connectivity index (χ3n) is 5.01. The topological polar surface area (TPSA) is 97.8 Å². The molecule has 7 heteroatoms. The summed E-state index contributed by atoms with van der Waals surface area (Å²) in [6.45, 7) is -0.533. The van der Waals surface area contributed by atoms with Gasteiger partial charge in [0.1, 0.15) is 29.4 Å². The molecule has 0 amide bonds. The van der Waals surface area contributed by atoms with Crippen molar-refractivity contribution in [2.24, 2.45) is 0 Å². The van der Waals surface area contributed by atoms with Crippen LogP contribution in [-0.2, 0) is 4.79 Å². The highest BCUT2D eigenvalue weighted by Gasteiger charge is 2.24. The normalized spacial score (nSPS) is 10.6. The first-order valence-electron chi connectivity index (χ1n) is 9.95. The van der Waals surface area contributed by atoms with Crippen molar-refractivity contribution in [2.75, 3.05) is 20.8 Å². The molecule has 162 valence electrons. The summed E-state index contributed by atoms with van der Waals surface area (Å²) < 4.78 is 16.0. The molecule has 0 spiro atoms. The number of aromatic amines is 2. The summed E-state index contributed by atoms with van der Waals surface area (Å²) in [5, 5.41) is 10.9. The second-order valence-electron chi connectivity index (χ2n) is 6.99. The van der Waals surface area contributed by atoms with Gasteiger partial charge in [0, 0.05) is 11.1 Å². The van der Waals surface area contributed by atoms with Crippen LogP contribution in [0.15, 0.2) is 72.8 Å². The molecule has 4 rings (SSSR count). The van der Waals surface area contributed by atoms with Gasteiger partial charge in [0.15, 0.2) is 11.4 Å². The van der Waals surface area contributed by atoms with Crippen LogP contribution >= 0.6 is 0 Å². The number of carboxylic acid groups (broad SMARTS) is 1. The number of para-hydroxylation sites is 1. The number of rotatable bonds is 8. The lowest BCUT2D eigenvalue weighted by atomic mass is 10.0. The van der Waals surface area contributed by atoms with E-state index in [1.807, 2.05) is 60.7 Å². The molecule has 4 aromatic rings. The molecular weight excluding hydrogens is 408 g/mol. The summed E-state index contributed by atoms with van der Waals surface area (Å²) in [4.78, 5) is 17.8. The average molecular weight is 430 g/mol. The predicted molar refractivity (Wildman–Crippen MR) is 117 cm³/mol. The van der Waals surface area contributed by atoms with Gasteiger partial charge in [0.25, 0.3) is 5.82 Å². The summed E-state index contributed by atoms with van der Waals surface area (Å²) in [5.74, 6) is 1.34. The highest BCUT2D eigenvalue weighted by molar-refractivity contribution is 5.79. The number of nitrogens with one attached hydrogen (secondary N) is 2. The van der Waals surface area contributed by atoms with Gasteiger partial charge < -0.3 is 24.1 Å². The first-order chi connectivity index (χ1) is 15.6. The molecule has 0 unspecified atom stereocenters. The second kappa shape index (κ2) is 9.26. The quantitative estimate of drug-likeness (QED) is 0.463. The number of aliphatic carboxylic acids is 1. The standard InChI is InChI=1S/C25H22N2O5/c1-30-18-11-7-16(8-12-18)23-24(17-9-13-19(31-2)14-10-17)27-25(26-23)20-5-3-4-6-21(20)32-15-22(28)29/h3-14H,15H2,1-2H3,(H,26,27)(H,28,29). The maximum atomic E-state index is 10.9. The number of carboxylic acids is 1. The molecule has 0 aliphatic rings. The van der Waals surface area contributed by atoms with Gasteiger partial charge >= 0.3 is 0 Å². The van der Waals surface area contributed by atoms with Crippen molar-refractivity contribution in [3.8, 4) is 51.2 Å². The fraction of sp³-hybridized carbons (Fsp3) is 0.120. The van der Waals surface area contributed by atoms with Crippen molar-refractivity contribution in [3.63, 3.8) is 0 Å². The first-order valence-corrected chi connectivity index (χ1v) is 9.95. The van der Waals surface area contributed by atoms with Crippen molar-refractivity contribution in [3.05, 3.63) is 72.8 Å². The van der Waals surface area contributed by atoms with E-state index in [0.717, 1.165) is 34.0 Å². The fourth-order valence-corrected chi connectivity index (χ4v) is 3.43. The monoisotopic (exact) mass is 430 g/mol. The number of benzene rings is 3. The number of ether oxygens (including phenoxy) is 3. The molecule has 3 aromatic carbocycles. The van der Waals surface area contributed by atoms with Gasteiger partial charge in [-0.15, -0.1) is 0 Å². The Morgan fingerprint density at radius 2 is 1.47 bits per heavy atom. The lowest BCUT2D eigenvalue weighted by Crippen LogP contribution is -2.29. The number of aromatic nitrogens is 2. The SMILES string of the molecule is COc1ccc(-c2[nH]c(-c3ccccc3OCC(=O)[O-])[nH+]c2-c2ccc(OC)cc2)cc1. The van der Waals surface area contributed by atoms with E-state index >= 15 is 0 Å². The van der Waals surface area contributed by atoms with E-state index in [2.05, 4.69) is 9.97 Å². The summed E-state index contributed by atoms with van der Waals surface area (Å²) in [6, 6.07) is 22.6. The van der Waals surface area contributed by atoms with Crippen molar-refractivity contribution >= 4 is 5.97 Å². The Labute approximate surface area is 185 Å². The third kappa shape index (κ3) is 4.41. The Hall–Kier alpha value is -4.26. The minimum atomic E-state index is -1.28. The molecule has 1 heterocycles. The van der Waals surface area contributed by atoms with E-state index in [-0.39, 0.29) is 0 Å². The van der Waals surface area contributed by atoms with E-state index in [4.69, 9.17) is 14.2 Å². The van der Waals surface area contributed by atoms with E-state index in [1.165, 1.54) is 0 Å². The number of H-pyrrole nitrogens is 2. The zero-order valence-corrected chi connectivity index (χ0v) is 17.7. The zero-order valence-electron chi connectivity index (χ0n) is 17.7. The molecule has 1 aromatic heterocycles. The summed E-state index contributed by atoms with van der Waals surface area (Å²) in [6.07, 6.45) is 0. The van der Waals surface area contributed by atoms with Gasteiger partial charge in [0.05, 0.1) is 20.2 Å². The zero-order chi connectivity index (χ0) is 22.5. The van der Waals surface area contributed by atoms with E-state index in [1.54, 1.807) is 26.4 Å². The lowest BCUT2D eigenvalue weighted by Gasteiger charge is -2.08. The highest BCUT2D eigenvalue weighted by Crippen LogP contribution is 2.34. The lowest BCUT2D eigenvalue weighted by molar-refractivity contribution is -0.349. The fourth-order valence-electron chi connectivity index (χ4n) is 3.43. The molecule has 32 heavy (non-hydrogen) atoms. The molecule has 0 atom stereocenters. The van der Waals surface area contributed by atoms with Crippen LogP contribution in [0, 0.1) is 0 Å². The minimum absolute atomic E-state index is 0.428. The Kier molecular flexibility index (Phi) is 6.07. The number of carbonyl (C=O) groups excluding carboxylic acids is 1. The first kappa shape index (κ1) is 21.0. The summed E-state index contributed by atoms with van der Waals surface area (Å²) in [7, 11) is 3.25. The Morgan fingerprint density at radius 1 is 0.875 bits per heavy atom. The smallest absolute Gasteiger partial charge is 0.289 e. The number of hydrogen-bond donors (Lipinski definition) is 1. The number of carbonyl (C=O) groups is 1. The van der Waals surface area contributed by atoms with Gasteiger partial charge in [-0.2, -0.15) is 0 Å². The maximum Gasteiger partial charge on any atom is 0.289 e. The van der Waals surface area contributed by atoms with E-state index in [0.29, 0.717) is 17.1 Å². The molecule has 0 bridgehead atoms. The van der Waals surface area contributed by atoms with Gasteiger partial charge in [-0.3, -0.25) is 0 Å². The van der Waals surface area contributed by atoms with E-state index in [9.17, 15) is 9.90 Å². The molecule has 0 aliphatic carbocycles. The summed E-state index contributed by atoms with van der Waals surface area (Å²) in [5.41, 5.74) is 4.33. The average Bonchev–Trinajstić information content (AvgIpc) is 3.28. The molecule has 7 nitrogen and oxygen atoms in total. The van der Waals surface area contributed by atoms with Crippen LogP contribution in [0.1, 0.15) is 0 Å². The van der Waals surface area contributed by atoms with Crippen molar-refractivity contribution in [2.45, 2.75) is 0 Å². The molecule has 0 fully saturated rings. The minimum Gasteiger partial charge on any atom is -0.546 e. The number of methoxy groups -OCH3 is 2. The largest absolute Gasteiger partial charge is 0.546 e. The molecule has 0 saturated heterocycles. The number of hydrogen-bond acceptors (Lipinski definition) is 5. The summed E-state index contributed by atoms with van der Waals surface area (Å²) >= 11 is 0. The molecule has 2 N–H and O–H groups in total. The maximum absolute atomic E-state index is 10.9. The van der Waals surface area contributed by atoms with Crippen LogP contribution in [0.3, 0.4) is 0 Å². The molecule has 0 saturated carbocycles. The van der Waals surface area contributed by atoms with Gasteiger partial charge in [-0.25, -0.2) is 9.97 Å². The van der Waals surface area contributed by atoms with E-state index < -0.39 is 12.6 Å². The molecule has 0 aliphatic heterocycles. The van der Waals surface area contributed by atoms with Crippen molar-refractivity contribution in [1.82, 2.24) is 4.98 Å². The van der Waals surface area contributed by atoms with Crippen LogP contribution < -0.4 is 24.3 Å². The number of imidazole rings is 1. The molecular formula is C25H22N2O5. The highest BCUT2D eigenvalue weighted by atomic mass is 16.5. The van der Waals surface area contributed by atoms with Crippen molar-refractivity contribution in [1.29, 1.82) is 0 Å². The van der Waals surface area contributed by atoms with Gasteiger partial charge in [0.2, 0.25) is 0 Å². The Bertz CT molecular complexity index is 1150.